The third-order valence-electron chi connectivity index (χ3n) is 7.38. The summed E-state index contributed by atoms with van der Waals surface area (Å²) in [5.41, 5.74) is 11.4. The first kappa shape index (κ1) is 27.3. The molecule has 3 aromatic rings. The maximum Gasteiger partial charge on any atom is 0.135 e. The van der Waals surface area contributed by atoms with Crippen LogP contribution in [0.2, 0.25) is 0 Å². The predicted octanol–water partition coefficient (Wildman–Crippen LogP) is 10.0. The molecule has 4 rings (SSSR count). The van der Waals surface area contributed by atoms with Gasteiger partial charge in [0.25, 0.3) is 0 Å². The Kier molecular flexibility index (Phi) is 8.51. The number of ether oxygens (including phenoxy) is 1. The van der Waals surface area contributed by atoms with Crippen LogP contribution in [-0.4, -0.2) is 6.54 Å². The Morgan fingerprint density at radius 3 is 2.31 bits per heavy atom. The number of anilines is 2. The smallest absolute Gasteiger partial charge is 0.135 e. The van der Waals surface area contributed by atoms with E-state index in [4.69, 9.17) is 4.74 Å². The van der Waals surface area contributed by atoms with Crippen molar-refractivity contribution in [2.75, 3.05) is 11.4 Å². The Hall–Kier alpha value is -3.26. The van der Waals surface area contributed by atoms with E-state index >= 15 is 0 Å². The minimum absolute atomic E-state index is 0.0746. The van der Waals surface area contributed by atoms with E-state index in [-0.39, 0.29) is 5.41 Å². The van der Waals surface area contributed by atoms with E-state index in [1.807, 2.05) is 27.7 Å². The summed E-state index contributed by atoms with van der Waals surface area (Å²) in [7, 11) is 0. The summed E-state index contributed by atoms with van der Waals surface area (Å²) in [6, 6.07) is 20.0. The van der Waals surface area contributed by atoms with Crippen LogP contribution in [0.25, 0.3) is 11.1 Å². The van der Waals surface area contributed by atoms with Crippen LogP contribution in [0.4, 0.5) is 11.4 Å². The maximum absolute atomic E-state index is 6.48. The van der Waals surface area contributed by atoms with Crippen LogP contribution >= 0.6 is 0 Å². The van der Waals surface area contributed by atoms with Crippen LogP contribution in [0.1, 0.15) is 77.6 Å². The predicted molar refractivity (Wildman–Crippen MR) is 158 cm³/mol. The summed E-state index contributed by atoms with van der Waals surface area (Å²) >= 11 is 0. The molecule has 0 aliphatic heterocycles. The molecule has 0 amide bonds. The van der Waals surface area contributed by atoms with Crippen LogP contribution < -0.4 is 9.64 Å². The second kappa shape index (κ2) is 11.2. The lowest BCUT2D eigenvalue weighted by Crippen LogP contribution is -2.18. The Balaban J connectivity index is 0.00000176. The molecule has 0 N–H and O–H groups in total. The van der Waals surface area contributed by atoms with Gasteiger partial charge in [0.2, 0.25) is 0 Å². The first-order valence-electron chi connectivity index (χ1n) is 13.3. The number of hydrogen-bond donors (Lipinski definition) is 0. The molecule has 190 valence electrons. The second-order valence-corrected chi connectivity index (χ2v) is 9.84. The highest BCUT2D eigenvalue weighted by atomic mass is 16.5. The van der Waals surface area contributed by atoms with Gasteiger partial charge in [-0.15, -0.1) is 0 Å². The lowest BCUT2D eigenvalue weighted by molar-refractivity contribution is 0.424. The second-order valence-electron chi connectivity index (χ2n) is 9.84. The maximum atomic E-state index is 6.48. The minimum atomic E-state index is -0.0746. The van der Waals surface area contributed by atoms with Crippen molar-refractivity contribution in [3.8, 4) is 16.9 Å². The molecule has 0 heterocycles. The van der Waals surface area contributed by atoms with Gasteiger partial charge < -0.3 is 9.64 Å². The highest BCUT2D eigenvalue weighted by molar-refractivity contribution is 5.88. The molecule has 1 aliphatic carbocycles. The van der Waals surface area contributed by atoms with E-state index in [0.29, 0.717) is 0 Å². The first-order chi connectivity index (χ1) is 17.2. The van der Waals surface area contributed by atoms with Gasteiger partial charge in [0.05, 0.1) is 0 Å². The third kappa shape index (κ3) is 4.87. The lowest BCUT2D eigenvalue weighted by atomic mass is 9.82. The van der Waals surface area contributed by atoms with Crippen LogP contribution in [0, 0.1) is 13.8 Å². The van der Waals surface area contributed by atoms with Gasteiger partial charge >= 0.3 is 0 Å². The average Bonchev–Trinajstić information content (AvgIpc) is 3.10. The monoisotopic (exact) mass is 481 g/mol. The number of rotatable bonds is 6. The SMILES string of the molecule is C/C=C\C(C)=C(/C)Oc1cccc2c1-c1cc(N(CC)c3cccc(C)c3C)ccc1C2(C)C.CC. The average molecular weight is 482 g/mol. The fourth-order valence-electron chi connectivity index (χ4n) is 5.14. The first-order valence-corrected chi connectivity index (χ1v) is 13.3. The van der Waals surface area contributed by atoms with Crippen molar-refractivity contribution in [2.24, 2.45) is 0 Å². The van der Waals surface area contributed by atoms with Gasteiger partial charge in [-0.2, -0.15) is 0 Å². The van der Waals surface area contributed by atoms with E-state index < -0.39 is 0 Å². The van der Waals surface area contributed by atoms with Crippen molar-refractivity contribution in [3.05, 3.63) is 100 Å². The molecule has 0 saturated carbocycles. The number of aryl methyl sites for hydroxylation is 1. The molecule has 3 aromatic carbocycles. The summed E-state index contributed by atoms with van der Waals surface area (Å²) in [6.45, 7) is 22.3. The summed E-state index contributed by atoms with van der Waals surface area (Å²) in [5, 5.41) is 0. The molecule has 1 aliphatic rings. The van der Waals surface area contributed by atoms with Crippen molar-refractivity contribution in [3.63, 3.8) is 0 Å². The molecular weight excluding hydrogens is 438 g/mol. The molecule has 0 spiro atoms. The summed E-state index contributed by atoms with van der Waals surface area (Å²) < 4.78 is 6.48. The van der Waals surface area contributed by atoms with Crippen molar-refractivity contribution < 1.29 is 4.74 Å². The van der Waals surface area contributed by atoms with E-state index in [1.54, 1.807) is 0 Å². The number of hydrogen-bond acceptors (Lipinski definition) is 2. The fourth-order valence-corrected chi connectivity index (χ4v) is 5.14. The standard InChI is InChI=1S/C32H37NO.C2H6/c1-9-13-22(4)24(6)34-30-17-12-15-28-31(30)26-20-25(18-19-27(26)32(28,7)8)33(10-2)29-16-11-14-21(3)23(29)5;1-2/h9,11-20H,10H2,1-8H3;1-2H3/b13-9-,24-22+;. The molecule has 36 heavy (non-hydrogen) atoms. The van der Waals surface area contributed by atoms with E-state index in [1.165, 1.54) is 44.8 Å². The molecule has 0 unspecified atom stereocenters. The number of fused-ring (bicyclic) bond motifs is 3. The van der Waals surface area contributed by atoms with Crippen molar-refractivity contribution >= 4 is 11.4 Å². The summed E-state index contributed by atoms with van der Waals surface area (Å²) in [5.74, 6) is 1.86. The Labute approximate surface area is 219 Å². The van der Waals surface area contributed by atoms with E-state index in [9.17, 15) is 0 Å². The fraction of sp³-hybridized carbons (Fsp3) is 0.353. The van der Waals surface area contributed by atoms with Gasteiger partial charge in [-0.1, -0.05) is 70.2 Å². The van der Waals surface area contributed by atoms with Gasteiger partial charge in [0, 0.05) is 28.9 Å². The number of allylic oxidation sites excluding steroid dienone is 4. The quantitative estimate of drug-likeness (QED) is 0.256. The Morgan fingerprint density at radius 2 is 1.64 bits per heavy atom. The zero-order valence-electron chi connectivity index (χ0n) is 23.9. The zero-order chi connectivity index (χ0) is 26.6. The number of benzene rings is 3. The molecule has 0 fully saturated rings. The largest absolute Gasteiger partial charge is 0.461 e. The van der Waals surface area contributed by atoms with Gasteiger partial charge in [-0.3, -0.25) is 0 Å². The molecule has 0 atom stereocenters. The molecule has 0 saturated heterocycles. The van der Waals surface area contributed by atoms with Crippen molar-refractivity contribution in [2.45, 2.75) is 74.7 Å². The van der Waals surface area contributed by atoms with E-state index in [0.717, 1.165) is 23.6 Å². The van der Waals surface area contributed by atoms with E-state index in [2.05, 4.69) is 113 Å². The lowest BCUT2D eigenvalue weighted by Gasteiger charge is -2.27. The zero-order valence-corrected chi connectivity index (χ0v) is 23.9. The van der Waals surface area contributed by atoms with Gasteiger partial charge in [-0.25, -0.2) is 0 Å². The molecule has 2 heteroatoms. The highest BCUT2D eigenvalue weighted by Crippen LogP contribution is 2.53. The number of nitrogens with zero attached hydrogens (tertiary/aromatic N) is 1. The molecular formula is C34H43NO. The van der Waals surface area contributed by atoms with Gasteiger partial charge in [0.15, 0.2) is 0 Å². The Bertz CT molecular complexity index is 1290. The third-order valence-corrected chi connectivity index (χ3v) is 7.38. The highest BCUT2D eigenvalue weighted by Gasteiger charge is 2.37. The van der Waals surface area contributed by atoms with Crippen LogP contribution in [0.3, 0.4) is 0 Å². The normalized spacial score (nSPS) is 13.9. The topological polar surface area (TPSA) is 12.5 Å². The molecule has 2 nitrogen and oxygen atoms in total. The van der Waals surface area contributed by atoms with Gasteiger partial charge in [0.1, 0.15) is 11.5 Å². The van der Waals surface area contributed by atoms with Crippen LogP contribution in [0.5, 0.6) is 5.75 Å². The molecule has 0 radical (unpaired) electrons. The Morgan fingerprint density at radius 1 is 0.944 bits per heavy atom. The summed E-state index contributed by atoms with van der Waals surface area (Å²) in [4.78, 5) is 2.42. The van der Waals surface area contributed by atoms with Crippen molar-refractivity contribution in [1.82, 2.24) is 0 Å². The molecule has 0 aromatic heterocycles. The summed E-state index contributed by atoms with van der Waals surface area (Å²) in [6.07, 6.45) is 4.15. The minimum Gasteiger partial charge on any atom is -0.461 e. The van der Waals surface area contributed by atoms with Crippen LogP contribution in [0.15, 0.2) is 78.1 Å². The van der Waals surface area contributed by atoms with Crippen molar-refractivity contribution in [1.29, 1.82) is 0 Å². The van der Waals surface area contributed by atoms with Crippen LogP contribution in [-0.2, 0) is 5.41 Å². The molecule has 0 bridgehead atoms. The van der Waals surface area contributed by atoms with Gasteiger partial charge in [-0.05, 0) is 99.2 Å².